The summed E-state index contributed by atoms with van der Waals surface area (Å²) in [7, 11) is 3.16. The average molecular weight is 404 g/mol. The number of nitrogens with one attached hydrogen (secondary N) is 1. The Morgan fingerprint density at radius 3 is 2.41 bits per heavy atom. The summed E-state index contributed by atoms with van der Waals surface area (Å²) in [6.07, 6.45) is 4.21. The van der Waals surface area contributed by atoms with Crippen LogP contribution in [-0.4, -0.2) is 61.1 Å². The van der Waals surface area contributed by atoms with Gasteiger partial charge in [0.25, 0.3) is 0 Å². The first-order chi connectivity index (χ1) is 13.8. The fourth-order valence-electron chi connectivity index (χ4n) is 3.34. The SMILES string of the molecule is COc1ccc(/C=C/C(=O)N2CCC(C(=O)NC(C)C(=O)O)CC2)c(OC)c1C. The van der Waals surface area contributed by atoms with E-state index in [0.717, 1.165) is 11.1 Å². The van der Waals surface area contributed by atoms with E-state index in [-0.39, 0.29) is 17.7 Å². The van der Waals surface area contributed by atoms with E-state index in [1.165, 1.54) is 13.0 Å². The molecule has 1 atom stereocenters. The maximum absolute atomic E-state index is 12.5. The van der Waals surface area contributed by atoms with Crippen LogP contribution in [0.25, 0.3) is 6.08 Å². The number of carboxylic acid groups (broad SMARTS) is 1. The summed E-state index contributed by atoms with van der Waals surface area (Å²) in [4.78, 5) is 37.2. The van der Waals surface area contributed by atoms with Crippen LogP contribution in [0.4, 0.5) is 0 Å². The van der Waals surface area contributed by atoms with E-state index in [4.69, 9.17) is 14.6 Å². The number of ether oxygens (including phenoxy) is 2. The van der Waals surface area contributed by atoms with Gasteiger partial charge in [-0.05, 0) is 44.9 Å². The Balaban J connectivity index is 1.96. The van der Waals surface area contributed by atoms with Gasteiger partial charge in [-0.3, -0.25) is 14.4 Å². The number of carbonyl (C=O) groups excluding carboxylic acids is 2. The summed E-state index contributed by atoms with van der Waals surface area (Å²) in [5.74, 6) is -0.409. The summed E-state index contributed by atoms with van der Waals surface area (Å²) in [5, 5.41) is 11.4. The second-order valence-electron chi connectivity index (χ2n) is 7.02. The van der Waals surface area contributed by atoms with Crippen molar-refractivity contribution in [1.82, 2.24) is 10.2 Å². The Labute approximate surface area is 170 Å². The molecule has 8 nitrogen and oxygen atoms in total. The van der Waals surface area contributed by atoms with Gasteiger partial charge in [0.1, 0.15) is 17.5 Å². The van der Waals surface area contributed by atoms with Crippen molar-refractivity contribution in [3.8, 4) is 11.5 Å². The van der Waals surface area contributed by atoms with Crippen molar-refractivity contribution in [3.05, 3.63) is 29.3 Å². The largest absolute Gasteiger partial charge is 0.496 e. The van der Waals surface area contributed by atoms with Crippen LogP contribution < -0.4 is 14.8 Å². The fraction of sp³-hybridized carbons (Fsp3) is 0.476. The highest BCUT2D eigenvalue weighted by molar-refractivity contribution is 5.92. The normalized spacial score (nSPS) is 15.8. The molecule has 0 aromatic heterocycles. The molecule has 0 saturated carbocycles. The lowest BCUT2D eigenvalue weighted by Gasteiger charge is -2.31. The zero-order chi connectivity index (χ0) is 21.6. The van der Waals surface area contributed by atoms with Crippen molar-refractivity contribution in [1.29, 1.82) is 0 Å². The third-order valence-electron chi connectivity index (χ3n) is 5.12. The predicted octanol–water partition coefficient (Wildman–Crippen LogP) is 1.85. The molecule has 1 unspecified atom stereocenters. The number of rotatable bonds is 7. The van der Waals surface area contributed by atoms with E-state index >= 15 is 0 Å². The molecule has 2 amide bonds. The highest BCUT2D eigenvalue weighted by atomic mass is 16.5. The predicted molar refractivity (Wildman–Crippen MR) is 108 cm³/mol. The van der Waals surface area contributed by atoms with Crippen molar-refractivity contribution in [2.24, 2.45) is 5.92 Å². The zero-order valence-corrected chi connectivity index (χ0v) is 17.2. The van der Waals surface area contributed by atoms with E-state index < -0.39 is 12.0 Å². The molecule has 1 heterocycles. The highest BCUT2D eigenvalue weighted by Gasteiger charge is 2.28. The van der Waals surface area contributed by atoms with Crippen LogP contribution >= 0.6 is 0 Å². The monoisotopic (exact) mass is 404 g/mol. The molecule has 8 heteroatoms. The summed E-state index contributed by atoms with van der Waals surface area (Å²) < 4.78 is 10.7. The third-order valence-corrected chi connectivity index (χ3v) is 5.12. The average Bonchev–Trinajstić information content (AvgIpc) is 2.71. The van der Waals surface area contributed by atoms with Crippen molar-refractivity contribution in [2.45, 2.75) is 32.7 Å². The molecule has 1 fully saturated rings. The van der Waals surface area contributed by atoms with E-state index in [0.29, 0.717) is 37.4 Å². The lowest BCUT2D eigenvalue weighted by molar-refractivity contribution is -0.142. The Morgan fingerprint density at radius 1 is 1.21 bits per heavy atom. The molecule has 1 saturated heterocycles. The molecular formula is C21H28N2O6. The van der Waals surface area contributed by atoms with E-state index in [1.807, 2.05) is 19.1 Å². The number of likely N-dealkylation sites (tertiary alicyclic amines) is 1. The Bertz CT molecular complexity index is 797. The molecule has 1 aromatic carbocycles. The summed E-state index contributed by atoms with van der Waals surface area (Å²) in [5.41, 5.74) is 1.63. The molecular weight excluding hydrogens is 376 g/mol. The van der Waals surface area contributed by atoms with Crippen molar-refractivity contribution < 1.29 is 29.0 Å². The first-order valence-corrected chi connectivity index (χ1v) is 9.50. The first-order valence-electron chi connectivity index (χ1n) is 9.50. The standard InChI is InChI=1S/C21H28N2O6/c1-13-17(28-3)7-5-15(19(13)29-4)6-8-18(24)23-11-9-16(10-12-23)20(25)22-14(2)21(26)27/h5-8,14,16H,9-12H2,1-4H3,(H,22,25)(H,26,27)/b8-6+. The Morgan fingerprint density at radius 2 is 1.86 bits per heavy atom. The topological polar surface area (TPSA) is 105 Å². The summed E-state index contributed by atoms with van der Waals surface area (Å²) in [6.45, 7) is 4.21. The highest BCUT2D eigenvalue weighted by Crippen LogP contribution is 2.32. The first kappa shape index (κ1) is 22.3. The van der Waals surface area contributed by atoms with Crippen molar-refractivity contribution >= 4 is 23.9 Å². The second kappa shape index (κ2) is 9.95. The number of hydrogen-bond acceptors (Lipinski definition) is 5. The van der Waals surface area contributed by atoms with Gasteiger partial charge in [-0.1, -0.05) is 0 Å². The van der Waals surface area contributed by atoms with Crippen LogP contribution in [0.1, 0.15) is 30.9 Å². The number of methoxy groups -OCH3 is 2. The maximum atomic E-state index is 12.5. The molecule has 158 valence electrons. The van der Waals surface area contributed by atoms with Crippen LogP contribution in [0.3, 0.4) is 0 Å². The molecule has 1 aromatic rings. The van der Waals surface area contributed by atoms with Crippen LogP contribution in [0.2, 0.25) is 0 Å². The molecule has 29 heavy (non-hydrogen) atoms. The number of benzene rings is 1. The van der Waals surface area contributed by atoms with Crippen LogP contribution in [0, 0.1) is 12.8 Å². The number of carbonyl (C=O) groups is 3. The van der Waals surface area contributed by atoms with Gasteiger partial charge < -0.3 is 24.8 Å². The van der Waals surface area contributed by atoms with Gasteiger partial charge in [-0.25, -0.2) is 0 Å². The molecule has 2 rings (SSSR count). The Hall–Kier alpha value is -3.03. The molecule has 0 bridgehead atoms. The number of amides is 2. The summed E-state index contributed by atoms with van der Waals surface area (Å²) in [6, 6.07) is 2.73. The Kier molecular flexibility index (Phi) is 7.64. The lowest BCUT2D eigenvalue weighted by atomic mass is 9.95. The van der Waals surface area contributed by atoms with Crippen molar-refractivity contribution in [3.63, 3.8) is 0 Å². The zero-order valence-electron chi connectivity index (χ0n) is 17.2. The third kappa shape index (κ3) is 5.49. The quantitative estimate of drug-likeness (QED) is 0.672. The lowest BCUT2D eigenvalue weighted by Crippen LogP contribution is -2.46. The van der Waals surface area contributed by atoms with Crippen LogP contribution in [0.5, 0.6) is 11.5 Å². The molecule has 0 spiro atoms. The smallest absolute Gasteiger partial charge is 0.325 e. The number of piperidine rings is 1. The molecule has 1 aliphatic heterocycles. The number of nitrogens with zero attached hydrogens (tertiary/aromatic N) is 1. The summed E-state index contributed by atoms with van der Waals surface area (Å²) >= 11 is 0. The van der Waals surface area contributed by atoms with E-state index in [9.17, 15) is 14.4 Å². The van der Waals surface area contributed by atoms with Crippen LogP contribution in [0.15, 0.2) is 18.2 Å². The van der Waals surface area contributed by atoms with Crippen molar-refractivity contribution in [2.75, 3.05) is 27.3 Å². The number of carboxylic acids is 1. The van der Waals surface area contributed by atoms with Gasteiger partial charge in [-0.2, -0.15) is 0 Å². The van der Waals surface area contributed by atoms with Crippen LogP contribution in [-0.2, 0) is 14.4 Å². The van der Waals surface area contributed by atoms with Gasteiger partial charge in [0.15, 0.2) is 0 Å². The molecule has 0 aliphatic carbocycles. The van der Waals surface area contributed by atoms with E-state index in [2.05, 4.69) is 5.32 Å². The van der Waals surface area contributed by atoms with E-state index in [1.54, 1.807) is 25.2 Å². The molecule has 2 N–H and O–H groups in total. The number of aliphatic carboxylic acids is 1. The van der Waals surface area contributed by atoms with Gasteiger partial charge in [0, 0.05) is 36.2 Å². The van der Waals surface area contributed by atoms with Gasteiger partial charge in [0.2, 0.25) is 11.8 Å². The second-order valence-corrected chi connectivity index (χ2v) is 7.02. The maximum Gasteiger partial charge on any atom is 0.325 e. The molecule has 1 aliphatic rings. The minimum atomic E-state index is -1.07. The minimum Gasteiger partial charge on any atom is -0.496 e. The van der Waals surface area contributed by atoms with Gasteiger partial charge in [0.05, 0.1) is 14.2 Å². The molecule has 0 radical (unpaired) electrons. The minimum absolute atomic E-state index is 0.140. The van der Waals surface area contributed by atoms with Gasteiger partial charge in [-0.15, -0.1) is 0 Å². The van der Waals surface area contributed by atoms with Gasteiger partial charge >= 0.3 is 5.97 Å². The number of hydrogen-bond donors (Lipinski definition) is 2. The fourth-order valence-corrected chi connectivity index (χ4v) is 3.34.